The van der Waals surface area contributed by atoms with E-state index in [9.17, 15) is 22.8 Å². The van der Waals surface area contributed by atoms with Crippen LogP contribution in [0.25, 0.3) is 22.0 Å². The molecule has 1 atom stereocenters. The molecule has 0 fully saturated rings. The summed E-state index contributed by atoms with van der Waals surface area (Å²) in [5.74, 6) is -0.226. The summed E-state index contributed by atoms with van der Waals surface area (Å²) in [5, 5.41) is 0.426. The number of H-pyrrole nitrogens is 1. The fourth-order valence-electron chi connectivity index (χ4n) is 4.44. The lowest BCUT2D eigenvalue weighted by molar-refractivity contribution is -0.274. The molecule has 2 aromatic heterocycles. The van der Waals surface area contributed by atoms with Gasteiger partial charge in [-0.15, -0.1) is 13.2 Å². The number of rotatable bonds is 4. The molecule has 6 nitrogen and oxygen atoms in total. The number of aromatic amines is 1. The Kier molecular flexibility index (Phi) is 5.55. The van der Waals surface area contributed by atoms with Gasteiger partial charge in [0.25, 0.3) is 0 Å². The number of nitrogens with one attached hydrogen (secondary N) is 1. The zero-order valence-corrected chi connectivity index (χ0v) is 18.5. The first-order chi connectivity index (χ1) is 16.7. The van der Waals surface area contributed by atoms with Crippen LogP contribution in [-0.2, 0) is 6.42 Å². The third-order valence-electron chi connectivity index (χ3n) is 6.05. The Morgan fingerprint density at radius 2 is 1.80 bits per heavy atom. The second-order valence-electron chi connectivity index (χ2n) is 8.29. The standard InChI is InChI=1S/C26H19F3N2O4/c1-34-17-6-7-19-21(12-17)31-22-10-16(11-23(32)24(22)25(19)33)20-8-5-15(13-30-20)14-3-2-4-18(9-14)35-26(27,28)29/h2-9,12-13,16H,10-11H2,1H3,(H,31,33). The summed E-state index contributed by atoms with van der Waals surface area (Å²) in [6.45, 7) is 0. The van der Waals surface area contributed by atoms with Crippen LogP contribution < -0.4 is 14.9 Å². The number of hydrogen-bond acceptors (Lipinski definition) is 5. The molecule has 2 aromatic carbocycles. The van der Waals surface area contributed by atoms with E-state index in [0.717, 1.165) is 0 Å². The third-order valence-corrected chi connectivity index (χ3v) is 6.05. The summed E-state index contributed by atoms with van der Waals surface area (Å²) in [6.07, 6.45) is -2.66. The highest BCUT2D eigenvalue weighted by Gasteiger charge is 2.32. The molecule has 0 spiro atoms. The number of ether oxygens (including phenoxy) is 2. The first-order valence-corrected chi connectivity index (χ1v) is 10.8. The number of benzene rings is 2. The first kappa shape index (κ1) is 22.6. The fraction of sp³-hybridized carbons (Fsp3) is 0.192. The molecule has 0 amide bonds. The van der Waals surface area contributed by atoms with Gasteiger partial charge in [-0.25, -0.2) is 0 Å². The van der Waals surface area contributed by atoms with Gasteiger partial charge < -0.3 is 14.5 Å². The van der Waals surface area contributed by atoms with Crippen molar-refractivity contribution in [2.24, 2.45) is 0 Å². The minimum Gasteiger partial charge on any atom is -0.497 e. The van der Waals surface area contributed by atoms with E-state index in [2.05, 4.69) is 14.7 Å². The maximum absolute atomic E-state index is 13.0. The summed E-state index contributed by atoms with van der Waals surface area (Å²) in [4.78, 5) is 33.6. The molecule has 1 aliphatic carbocycles. The van der Waals surface area contributed by atoms with E-state index in [0.29, 0.717) is 45.6 Å². The Balaban J connectivity index is 1.43. The van der Waals surface area contributed by atoms with Crippen molar-refractivity contribution >= 4 is 16.7 Å². The molecule has 2 heterocycles. The average Bonchev–Trinajstić information content (AvgIpc) is 2.82. The van der Waals surface area contributed by atoms with Crippen molar-refractivity contribution in [2.75, 3.05) is 7.11 Å². The third kappa shape index (κ3) is 4.49. The Bertz CT molecular complexity index is 1490. The Labute approximate surface area is 197 Å². The Hall–Kier alpha value is -4.14. The highest BCUT2D eigenvalue weighted by molar-refractivity contribution is 6.01. The van der Waals surface area contributed by atoms with Gasteiger partial charge in [-0.2, -0.15) is 0 Å². The molecule has 1 N–H and O–H groups in total. The molecule has 1 aliphatic rings. The quantitative estimate of drug-likeness (QED) is 0.423. The normalized spacial score (nSPS) is 15.7. The predicted molar refractivity (Wildman–Crippen MR) is 123 cm³/mol. The number of ketones is 1. The highest BCUT2D eigenvalue weighted by atomic mass is 19.4. The number of carbonyl (C=O) groups excluding carboxylic acids is 1. The van der Waals surface area contributed by atoms with E-state index in [1.807, 2.05) is 0 Å². The van der Waals surface area contributed by atoms with Crippen LogP contribution in [0.15, 0.2) is 65.6 Å². The van der Waals surface area contributed by atoms with Gasteiger partial charge in [0.1, 0.15) is 11.5 Å². The Morgan fingerprint density at radius 1 is 0.971 bits per heavy atom. The van der Waals surface area contributed by atoms with Crippen LogP contribution in [-0.4, -0.2) is 29.2 Å². The molecule has 0 bridgehead atoms. The molecular formula is C26H19F3N2O4. The minimum absolute atomic E-state index is 0.138. The van der Waals surface area contributed by atoms with Crippen LogP contribution in [0.5, 0.6) is 11.5 Å². The molecule has 4 aromatic rings. The fourth-order valence-corrected chi connectivity index (χ4v) is 4.44. The number of fused-ring (bicyclic) bond motifs is 2. The van der Waals surface area contributed by atoms with Crippen LogP contribution in [0, 0.1) is 0 Å². The van der Waals surface area contributed by atoms with E-state index >= 15 is 0 Å². The van der Waals surface area contributed by atoms with Crippen LogP contribution >= 0.6 is 0 Å². The van der Waals surface area contributed by atoms with E-state index in [1.165, 1.54) is 25.3 Å². The monoisotopic (exact) mass is 480 g/mol. The molecule has 5 rings (SSSR count). The van der Waals surface area contributed by atoms with Gasteiger partial charge in [-0.3, -0.25) is 14.6 Å². The maximum Gasteiger partial charge on any atom is 0.573 e. The van der Waals surface area contributed by atoms with Crippen molar-refractivity contribution in [3.63, 3.8) is 0 Å². The van der Waals surface area contributed by atoms with E-state index in [1.54, 1.807) is 42.6 Å². The van der Waals surface area contributed by atoms with E-state index in [-0.39, 0.29) is 34.9 Å². The molecule has 0 radical (unpaired) electrons. The molecular weight excluding hydrogens is 461 g/mol. The van der Waals surface area contributed by atoms with Crippen molar-refractivity contribution in [1.29, 1.82) is 0 Å². The van der Waals surface area contributed by atoms with Gasteiger partial charge >= 0.3 is 6.36 Å². The first-order valence-electron chi connectivity index (χ1n) is 10.8. The average molecular weight is 480 g/mol. The second kappa shape index (κ2) is 8.57. The number of methoxy groups -OCH3 is 1. The molecule has 35 heavy (non-hydrogen) atoms. The van der Waals surface area contributed by atoms with Crippen molar-refractivity contribution < 1.29 is 27.4 Å². The van der Waals surface area contributed by atoms with Gasteiger partial charge in [0.2, 0.25) is 0 Å². The van der Waals surface area contributed by atoms with Gasteiger partial charge in [-0.05, 0) is 42.3 Å². The van der Waals surface area contributed by atoms with Crippen molar-refractivity contribution in [3.8, 4) is 22.6 Å². The van der Waals surface area contributed by atoms with E-state index in [4.69, 9.17) is 4.74 Å². The number of carbonyl (C=O) groups is 1. The molecule has 178 valence electrons. The number of halogens is 3. The van der Waals surface area contributed by atoms with Crippen molar-refractivity contribution in [2.45, 2.75) is 25.1 Å². The summed E-state index contributed by atoms with van der Waals surface area (Å²) < 4.78 is 46.8. The number of pyridine rings is 2. The number of aromatic nitrogens is 2. The summed E-state index contributed by atoms with van der Waals surface area (Å²) in [6, 6.07) is 14.2. The smallest absolute Gasteiger partial charge is 0.497 e. The van der Waals surface area contributed by atoms with Gasteiger partial charge in [0, 0.05) is 46.9 Å². The second-order valence-corrected chi connectivity index (χ2v) is 8.29. The van der Waals surface area contributed by atoms with Crippen molar-refractivity contribution in [3.05, 3.63) is 88.0 Å². The van der Waals surface area contributed by atoms with Crippen LogP contribution in [0.4, 0.5) is 13.2 Å². The highest BCUT2D eigenvalue weighted by Crippen LogP contribution is 2.33. The van der Waals surface area contributed by atoms with Crippen molar-refractivity contribution in [1.82, 2.24) is 9.97 Å². The van der Waals surface area contributed by atoms with Crippen LogP contribution in [0.2, 0.25) is 0 Å². The van der Waals surface area contributed by atoms with Crippen LogP contribution in [0.3, 0.4) is 0 Å². The molecule has 1 unspecified atom stereocenters. The molecule has 0 saturated carbocycles. The zero-order chi connectivity index (χ0) is 24.7. The van der Waals surface area contributed by atoms with E-state index < -0.39 is 6.36 Å². The lowest BCUT2D eigenvalue weighted by Gasteiger charge is -2.23. The number of alkyl halides is 3. The lowest BCUT2D eigenvalue weighted by atomic mass is 9.83. The minimum atomic E-state index is -4.78. The zero-order valence-electron chi connectivity index (χ0n) is 18.5. The SMILES string of the molecule is COc1ccc2c(=O)c3c([nH]c2c1)CC(c1ccc(-c2cccc(OC(F)(F)F)c2)cn1)CC3=O. The maximum atomic E-state index is 13.0. The summed E-state index contributed by atoms with van der Waals surface area (Å²) >= 11 is 0. The van der Waals surface area contributed by atoms with Gasteiger partial charge in [-0.1, -0.05) is 18.2 Å². The van der Waals surface area contributed by atoms with Crippen LogP contribution in [0.1, 0.15) is 34.1 Å². The summed E-state index contributed by atoms with van der Waals surface area (Å²) in [5.41, 5.74) is 2.80. The lowest BCUT2D eigenvalue weighted by Crippen LogP contribution is -2.28. The number of Topliss-reactive ketones (excluding diaryl/α,β-unsaturated/α-hetero) is 1. The van der Waals surface area contributed by atoms with Gasteiger partial charge in [0.15, 0.2) is 11.2 Å². The largest absolute Gasteiger partial charge is 0.573 e. The Morgan fingerprint density at radius 3 is 2.51 bits per heavy atom. The van der Waals surface area contributed by atoms with Gasteiger partial charge in [0.05, 0.1) is 18.2 Å². The molecule has 0 saturated heterocycles. The summed E-state index contributed by atoms with van der Waals surface area (Å²) in [7, 11) is 1.53. The number of nitrogens with zero attached hydrogens (tertiary/aromatic N) is 1. The number of hydrogen-bond donors (Lipinski definition) is 1. The predicted octanol–water partition coefficient (Wildman–Crippen LogP) is 5.41. The topological polar surface area (TPSA) is 81.3 Å². The molecule has 0 aliphatic heterocycles. The molecule has 9 heteroatoms.